The molecule has 1 unspecified atom stereocenters. The molecule has 2 aliphatic rings. The van der Waals surface area contributed by atoms with Gasteiger partial charge in [-0.3, -0.25) is 14.5 Å². The van der Waals surface area contributed by atoms with Gasteiger partial charge in [0.15, 0.2) is 5.16 Å². The number of halogens is 1. The zero-order valence-corrected chi connectivity index (χ0v) is 22.6. The predicted octanol–water partition coefficient (Wildman–Crippen LogP) is 3.45. The van der Waals surface area contributed by atoms with Gasteiger partial charge in [-0.1, -0.05) is 60.6 Å². The monoisotopic (exact) mass is 530 g/mol. The number of nitrogens with zero attached hydrogens (tertiary/aromatic N) is 5. The van der Waals surface area contributed by atoms with Crippen LogP contribution in [0, 0.1) is 0 Å². The molecule has 10 heteroatoms. The van der Waals surface area contributed by atoms with Gasteiger partial charge >= 0.3 is 0 Å². The molecule has 2 saturated heterocycles. The van der Waals surface area contributed by atoms with Gasteiger partial charge < -0.3 is 15.1 Å². The number of piperidine rings is 1. The van der Waals surface area contributed by atoms with Crippen LogP contribution in [0.15, 0.2) is 41.6 Å². The second kappa shape index (κ2) is 12.7. The van der Waals surface area contributed by atoms with E-state index in [9.17, 15) is 9.59 Å². The summed E-state index contributed by atoms with van der Waals surface area (Å²) in [5.74, 6) is 1.15. The maximum Gasteiger partial charge on any atom is 0.230 e. The minimum atomic E-state index is -0.00745. The fourth-order valence-corrected chi connectivity index (χ4v) is 5.72. The second-order valence-corrected chi connectivity index (χ2v) is 10.8. The highest BCUT2D eigenvalue weighted by atomic mass is 35.5. The van der Waals surface area contributed by atoms with Gasteiger partial charge in [0, 0.05) is 63.8 Å². The summed E-state index contributed by atoms with van der Waals surface area (Å²) >= 11 is 7.59. The normalized spacial score (nSPS) is 19.4. The molecule has 8 nitrogen and oxygen atoms in total. The lowest BCUT2D eigenvalue weighted by molar-refractivity contribution is -0.133. The van der Waals surface area contributed by atoms with Crippen LogP contribution < -0.4 is 10.2 Å². The van der Waals surface area contributed by atoms with E-state index in [0.29, 0.717) is 36.4 Å². The number of amides is 2. The number of likely N-dealkylation sites (tertiary alicyclic amines) is 1. The van der Waals surface area contributed by atoms with Crippen molar-refractivity contribution in [2.45, 2.75) is 56.9 Å². The van der Waals surface area contributed by atoms with E-state index in [-0.39, 0.29) is 29.7 Å². The molecule has 0 aliphatic carbocycles. The molecule has 1 N–H and O–H groups in total. The highest BCUT2D eigenvalue weighted by Gasteiger charge is 2.28. The molecule has 0 saturated carbocycles. The number of anilines is 1. The lowest BCUT2D eigenvalue weighted by Crippen LogP contribution is -2.54. The fourth-order valence-electron chi connectivity index (χ4n) is 4.83. The van der Waals surface area contributed by atoms with Crippen molar-refractivity contribution in [1.29, 1.82) is 0 Å². The van der Waals surface area contributed by atoms with Gasteiger partial charge in [0.05, 0.1) is 5.75 Å². The van der Waals surface area contributed by atoms with Crippen molar-refractivity contribution in [2.24, 2.45) is 0 Å². The molecule has 0 spiro atoms. The smallest absolute Gasteiger partial charge is 0.230 e. The predicted molar refractivity (Wildman–Crippen MR) is 144 cm³/mol. The second-order valence-electron chi connectivity index (χ2n) is 9.46. The Hall–Kier alpha value is -2.36. The number of thioether (sulfide) groups is 1. The van der Waals surface area contributed by atoms with Crippen LogP contribution in [0.1, 0.15) is 38.7 Å². The summed E-state index contributed by atoms with van der Waals surface area (Å²) in [6, 6.07) is 12.5. The van der Waals surface area contributed by atoms with Gasteiger partial charge in [-0.2, -0.15) is 0 Å². The summed E-state index contributed by atoms with van der Waals surface area (Å²) in [5.41, 5.74) is 1.32. The van der Waals surface area contributed by atoms with Gasteiger partial charge in [-0.05, 0) is 25.3 Å². The fraction of sp³-hybridized carbons (Fsp3) is 0.538. The highest BCUT2D eigenvalue weighted by Crippen LogP contribution is 2.24. The number of rotatable bonds is 8. The van der Waals surface area contributed by atoms with Crippen LogP contribution in [0.3, 0.4) is 0 Å². The number of carbonyl (C=O) groups is 2. The largest absolute Gasteiger partial charge is 0.353 e. The third-order valence-electron chi connectivity index (χ3n) is 6.77. The Balaban J connectivity index is 1.23. The molecule has 1 aromatic heterocycles. The number of benzene rings is 1. The Morgan fingerprint density at radius 1 is 1.11 bits per heavy atom. The van der Waals surface area contributed by atoms with E-state index in [1.54, 1.807) is 6.07 Å². The molecule has 1 aromatic carbocycles. The van der Waals surface area contributed by atoms with Crippen LogP contribution in [0.4, 0.5) is 5.82 Å². The molecule has 0 radical (unpaired) electrons. The Bertz CT molecular complexity index is 1030. The summed E-state index contributed by atoms with van der Waals surface area (Å²) in [7, 11) is 0. The Labute approximate surface area is 222 Å². The average Bonchev–Trinajstić information content (AvgIpc) is 2.88. The molecule has 2 aromatic rings. The number of hydrogen-bond acceptors (Lipinski definition) is 7. The summed E-state index contributed by atoms with van der Waals surface area (Å²) in [4.78, 5) is 40.2. The standard InChI is InChI=1S/C26H35ClN6O2S/c1-3-25(35)33-14-13-32(16-19(33)2)23-15-22(27)29-26(30-23)36-18-24(34)28-21-9-11-31(12-10-21)17-20-7-5-4-6-8-20/h4-8,15,19,21H,3,9-14,16-18H2,1-2H3,(H,28,34). The molecule has 2 amide bonds. The Morgan fingerprint density at radius 2 is 1.86 bits per heavy atom. The zero-order chi connectivity index (χ0) is 25.5. The van der Waals surface area contributed by atoms with Gasteiger partial charge in [0.2, 0.25) is 11.8 Å². The SMILES string of the molecule is CCC(=O)N1CCN(c2cc(Cl)nc(SCC(=O)NC3CCN(Cc4ccccc4)CC3)n2)CC1C. The zero-order valence-electron chi connectivity index (χ0n) is 21.0. The topological polar surface area (TPSA) is 81.7 Å². The summed E-state index contributed by atoms with van der Waals surface area (Å²) in [6.07, 6.45) is 2.41. The summed E-state index contributed by atoms with van der Waals surface area (Å²) < 4.78 is 0. The van der Waals surface area contributed by atoms with Gasteiger partial charge in [-0.25, -0.2) is 9.97 Å². The van der Waals surface area contributed by atoms with Crippen molar-refractivity contribution >= 4 is 41.0 Å². The molecule has 1 atom stereocenters. The van der Waals surface area contributed by atoms with Crippen molar-refractivity contribution in [3.63, 3.8) is 0 Å². The van der Waals surface area contributed by atoms with E-state index in [2.05, 4.69) is 56.3 Å². The van der Waals surface area contributed by atoms with Gasteiger partial charge in [0.25, 0.3) is 0 Å². The first-order chi connectivity index (χ1) is 17.4. The van der Waals surface area contributed by atoms with E-state index in [4.69, 9.17) is 11.6 Å². The highest BCUT2D eigenvalue weighted by molar-refractivity contribution is 7.99. The molecule has 4 rings (SSSR count). The quantitative estimate of drug-likeness (QED) is 0.318. The summed E-state index contributed by atoms with van der Waals surface area (Å²) in [6.45, 7) is 8.88. The van der Waals surface area contributed by atoms with E-state index in [0.717, 1.165) is 38.3 Å². The van der Waals surface area contributed by atoms with Crippen LogP contribution >= 0.6 is 23.4 Å². The maximum atomic E-state index is 12.6. The number of hydrogen-bond donors (Lipinski definition) is 1. The van der Waals surface area contributed by atoms with Crippen LogP contribution in [-0.2, 0) is 16.1 Å². The summed E-state index contributed by atoms with van der Waals surface area (Å²) in [5, 5.41) is 4.02. The van der Waals surface area contributed by atoms with E-state index in [1.807, 2.05) is 17.9 Å². The van der Waals surface area contributed by atoms with Gasteiger partial charge in [0.1, 0.15) is 11.0 Å². The molecule has 36 heavy (non-hydrogen) atoms. The molecule has 2 aliphatic heterocycles. The van der Waals surface area contributed by atoms with Crippen molar-refractivity contribution in [2.75, 3.05) is 43.4 Å². The number of nitrogens with one attached hydrogen (secondary N) is 1. The van der Waals surface area contributed by atoms with Crippen molar-refractivity contribution in [3.05, 3.63) is 47.1 Å². The molecular weight excluding hydrogens is 496 g/mol. The number of piperazine rings is 1. The molecule has 2 fully saturated rings. The Morgan fingerprint density at radius 3 is 2.56 bits per heavy atom. The molecule has 3 heterocycles. The first-order valence-corrected chi connectivity index (χ1v) is 14.0. The van der Waals surface area contributed by atoms with E-state index < -0.39 is 0 Å². The van der Waals surface area contributed by atoms with Crippen molar-refractivity contribution in [1.82, 2.24) is 25.1 Å². The van der Waals surface area contributed by atoms with E-state index >= 15 is 0 Å². The lowest BCUT2D eigenvalue weighted by atomic mass is 10.0. The van der Waals surface area contributed by atoms with Crippen LogP contribution in [0.5, 0.6) is 0 Å². The maximum absolute atomic E-state index is 12.6. The average molecular weight is 531 g/mol. The van der Waals surface area contributed by atoms with Crippen LogP contribution in [0.2, 0.25) is 5.15 Å². The minimum Gasteiger partial charge on any atom is -0.353 e. The van der Waals surface area contributed by atoms with Gasteiger partial charge in [-0.15, -0.1) is 0 Å². The third-order valence-corrected chi connectivity index (χ3v) is 7.81. The van der Waals surface area contributed by atoms with Crippen LogP contribution in [-0.4, -0.2) is 82.1 Å². The molecular formula is C26H35ClN6O2S. The minimum absolute atomic E-state index is 0.00745. The van der Waals surface area contributed by atoms with Crippen molar-refractivity contribution < 1.29 is 9.59 Å². The first kappa shape index (κ1) is 26.7. The van der Waals surface area contributed by atoms with Crippen LogP contribution in [0.25, 0.3) is 0 Å². The number of aromatic nitrogens is 2. The first-order valence-electron chi connectivity index (χ1n) is 12.7. The Kier molecular flexibility index (Phi) is 9.45. The lowest BCUT2D eigenvalue weighted by Gasteiger charge is -2.40. The van der Waals surface area contributed by atoms with E-state index in [1.165, 1.54) is 17.3 Å². The molecule has 0 bridgehead atoms. The molecule has 194 valence electrons. The number of carbonyl (C=O) groups excluding carboxylic acids is 2. The third kappa shape index (κ3) is 7.33. The van der Waals surface area contributed by atoms with Crippen molar-refractivity contribution in [3.8, 4) is 0 Å².